The van der Waals surface area contributed by atoms with Gasteiger partial charge in [0.25, 0.3) is 11.8 Å². The highest BCUT2D eigenvalue weighted by molar-refractivity contribution is 5.98. The smallest absolute Gasteiger partial charge is 0.269 e. The highest BCUT2D eigenvalue weighted by atomic mass is 16.5. The van der Waals surface area contributed by atoms with Gasteiger partial charge in [-0.25, -0.2) is 0 Å². The van der Waals surface area contributed by atoms with Gasteiger partial charge in [0.1, 0.15) is 11.4 Å². The largest absolute Gasteiger partial charge is 0.495 e. The lowest BCUT2D eigenvalue weighted by atomic mass is 10.1. The summed E-state index contributed by atoms with van der Waals surface area (Å²) in [6, 6.07) is 11.1. The maximum atomic E-state index is 12.9. The Morgan fingerprint density at radius 3 is 2.55 bits per heavy atom. The van der Waals surface area contributed by atoms with Crippen LogP contribution in [0.15, 0.2) is 42.6 Å². The molecule has 7 nitrogen and oxygen atoms in total. The van der Waals surface area contributed by atoms with E-state index in [1.807, 2.05) is 43.0 Å². The predicted molar refractivity (Wildman–Crippen MR) is 113 cm³/mol. The van der Waals surface area contributed by atoms with Gasteiger partial charge in [-0.05, 0) is 30.2 Å². The zero-order chi connectivity index (χ0) is 20.8. The Balaban J connectivity index is 1.63. The van der Waals surface area contributed by atoms with Gasteiger partial charge < -0.3 is 19.9 Å². The first-order valence-electron chi connectivity index (χ1n) is 9.91. The van der Waals surface area contributed by atoms with Gasteiger partial charge in [0.2, 0.25) is 0 Å². The Labute approximate surface area is 171 Å². The molecule has 0 spiro atoms. The van der Waals surface area contributed by atoms with Crippen molar-refractivity contribution in [3.8, 4) is 5.75 Å². The van der Waals surface area contributed by atoms with Crippen molar-refractivity contribution < 1.29 is 14.3 Å². The third-order valence-electron chi connectivity index (χ3n) is 4.90. The van der Waals surface area contributed by atoms with Crippen LogP contribution in [0.5, 0.6) is 5.75 Å². The number of amides is 2. The van der Waals surface area contributed by atoms with E-state index in [9.17, 15) is 9.59 Å². The van der Waals surface area contributed by atoms with E-state index in [-0.39, 0.29) is 17.5 Å². The molecule has 1 N–H and O–H groups in total. The highest BCUT2D eigenvalue weighted by Crippen LogP contribution is 2.28. The van der Waals surface area contributed by atoms with Crippen LogP contribution in [0.2, 0.25) is 0 Å². The van der Waals surface area contributed by atoms with Crippen molar-refractivity contribution in [2.45, 2.75) is 13.8 Å². The van der Waals surface area contributed by atoms with Gasteiger partial charge in [0.05, 0.1) is 12.8 Å². The lowest BCUT2D eigenvalue weighted by Gasteiger charge is -2.36. The fourth-order valence-corrected chi connectivity index (χ4v) is 3.30. The van der Waals surface area contributed by atoms with Crippen molar-refractivity contribution in [2.75, 3.05) is 44.7 Å². The molecule has 0 bridgehead atoms. The second-order valence-corrected chi connectivity index (χ2v) is 7.48. The minimum Gasteiger partial charge on any atom is -0.495 e. The molecular formula is C22H28N4O3. The number of anilines is 1. The van der Waals surface area contributed by atoms with Gasteiger partial charge in [-0.2, -0.15) is 0 Å². The van der Waals surface area contributed by atoms with Crippen molar-refractivity contribution in [3.05, 3.63) is 53.9 Å². The zero-order valence-electron chi connectivity index (χ0n) is 17.2. The zero-order valence-corrected chi connectivity index (χ0v) is 17.2. The minimum atomic E-state index is -0.255. The molecular weight excluding hydrogens is 368 g/mol. The molecule has 1 aliphatic rings. The summed E-state index contributed by atoms with van der Waals surface area (Å²) in [4.78, 5) is 33.3. The molecule has 2 aromatic rings. The lowest BCUT2D eigenvalue weighted by molar-refractivity contribution is 0.0746. The Morgan fingerprint density at radius 2 is 1.86 bits per heavy atom. The Bertz CT molecular complexity index is 861. The standard InChI is InChI=1S/C22H28N4O3/c1-16(2)15-24-21(27)18-14-17(8-9-23-18)22(28)26-12-10-25(11-13-26)19-6-4-5-7-20(19)29-3/h4-9,14,16H,10-13,15H2,1-3H3,(H,24,27). The lowest BCUT2D eigenvalue weighted by Crippen LogP contribution is -2.49. The number of rotatable bonds is 6. The second kappa shape index (κ2) is 9.41. The fourth-order valence-electron chi connectivity index (χ4n) is 3.30. The van der Waals surface area contributed by atoms with Gasteiger partial charge in [0, 0.05) is 44.5 Å². The summed E-state index contributed by atoms with van der Waals surface area (Å²) in [7, 11) is 1.66. The van der Waals surface area contributed by atoms with Crippen molar-refractivity contribution in [1.29, 1.82) is 0 Å². The van der Waals surface area contributed by atoms with Gasteiger partial charge in [-0.1, -0.05) is 26.0 Å². The molecule has 1 saturated heterocycles. The first-order chi connectivity index (χ1) is 14.0. The molecule has 0 atom stereocenters. The number of ether oxygens (including phenoxy) is 1. The number of para-hydroxylation sites is 2. The van der Waals surface area contributed by atoms with E-state index in [0.29, 0.717) is 31.1 Å². The molecule has 7 heteroatoms. The Hall–Kier alpha value is -3.09. The predicted octanol–water partition coefficient (Wildman–Crippen LogP) is 2.44. The molecule has 1 fully saturated rings. The summed E-state index contributed by atoms with van der Waals surface area (Å²) in [6.07, 6.45) is 1.52. The van der Waals surface area contributed by atoms with E-state index in [0.717, 1.165) is 24.5 Å². The molecule has 2 heterocycles. The van der Waals surface area contributed by atoms with Crippen LogP contribution in [-0.4, -0.2) is 61.5 Å². The van der Waals surface area contributed by atoms with Gasteiger partial charge in [-0.3, -0.25) is 14.6 Å². The third-order valence-corrected chi connectivity index (χ3v) is 4.90. The Morgan fingerprint density at radius 1 is 1.14 bits per heavy atom. The molecule has 1 aliphatic heterocycles. The monoisotopic (exact) mass is 396 g/mol. The summed E-state index contributed by atoms with van der Waals surface area (Å²) in [5, 5.41) is 2.83. The van der Waals surface area contributed by atoms with Crippen LogP contribution in [0, 0.1) is 5.92 Å². The van der Waals surface area contributed by atoms with Crippen molar-refractivity contribution >= 4 is 17.5 Å². The summed E-state index contributed by atoms with van der Waals surface area (Å²) >= 11 is 0. The fraction of sp³-hybridized carbons (Fsp3) is 0.409. The average molecular weight is 396 g/mol. The summed E-state index contributed by atoms with van der Waals surface area (Å²) in [5.41, 5.74) is 1.79. The molecule has 29 heavy (non-hydrogen) atoms. The van der Waals surface area contributed by atoms with E-state index >= 15 is 0 Å². The molecule has 0 radical (unpaired) electrons. The number of nitrogens with zero attached hydrogens (tertiary/aromatic N) is 3. The first kappa shape index (κ1) is 20.6. The molecule has 0 saturated carbocycles. The number of benzene rings is 1. The minimum absolute atomic E-state index is 0.0787. The number of hydrogen-bond donors (Lipinski definition) is 1. The van der Waals surface area contributed by atoms with Crippen LogP contribution in [0.1, 0.15) is 34.7 Å². The maximum Gasteiger partial charge on any atom is 0.269 e. The Kier molecular flexibility index (Phi) is 6.69. The molecule has 0 unspecified atom stereocenters. The number of methoxy groups -OCH3 is 1. The third kappa shape index (κ3) is 5.04. The number of carbonyl (C=O) groups excluding carboxylic acids is 2. The molecule has 154 valence electrons. The molecule has 1 aromatic heterocycles. The van der Waals surface area contributed by atoms with Crippen LogP contribution in [-0.2, 0) is 0 Å². The van der Waals surface area contributed by atoms with Crippen LogP contribution < -0.4 is 15.0 Å². The van der Waals surface area contributed by atoms with E-state index < -0.39 is 0 Å². The maximum absolute atomic E-state index is 12.9. The number of piperazine rings is 1. The van der Waals surface area contributed by atoms with Crippen LogP contribution in [0.4, 0.5) is 5.69 Å². The summed E-state index contributed by atoms with van der Waals surface area (Å²) in [5.74, 6) is 0.848. The van der Waals surface area contributed by atoms with Crippen LogP contribution in [0.3, 0.4) is 0 Å². The van der Waals surface area contributed by atoms with Crippen molar-refractivity contribution in [2.24, 2.45) is 5.92 Å². The molecule has 2 amide bonds. The van der Waals surface area contributed by atoms with E-state index in [2.05, 4.69) is 15.2 Å². The van der Waals surface area contributed by atoms with Crippen molar-refractivity contribution in [1.82, 2.24) is 15.2 Å². The number of pyridine rings is 1. The van der Waals surface area contributed by atoms with Crippen LogP contribution in [0.25, 0.3) is 0 Å². The van der Waals surface area contributed by atoms with Gasteiger partial charge >= 0.3 is 0 Å². The number of carbonyl (C=O) groups is 2. The van der Waals surface area contributed by atoms with E-state index in [4.69, 9.17) is 4.74 Å². The first-order valence-corrected chi connectivity index (χ1v) is 9.91. The normalized spacial score (nSPS) is 14.1. The quantitative estimate of drug-likeness (QED) is 0.812. The van der Waals surface area contributed by atoms with Crippen molar-refractivity contribution in [3.63, 3.8) is 0 Å². The van der Waals surface area contributed by atoms with E-state index in [1.54, 1.807) is 19.2 Å². The molecule has 3 rings (SSSR count). The topological polar surface area (TPSA) is 74.8 Å². The van der Waals surface area contributed by atoms with Crippen LogP contribution >= 0.6 is 0 Å². The van der Waals surface area contributed by atoms with Gasteiger partial charge in [-0.15, -0.1) is 0 Å². The SMILES string of the molecule is COc1ccccc1N1CCN(C(=O)c2ccnc(C(=O)NCC(C)C)c2)CC1. The number of nitrogens with one attached hydrogen (secondary N) is 1. The van der Waals surface area contributed by atoms with Gasteiger partial charge in [0.15, 0.2) is 0 Å². The molecule has 0 aliphatic carbocycles. The van der Waals surface area contributed by atoms with E-state index in [1.165, 1.54) is 6.20 Å². The number of hydrogen-bond acceptors (Lipinski definition) is 5. The molecule has 1 aromatic carbocycles. The highest BCUT2D eigenvalue weighted by Gasteiger charge is 2.24. The average Bonchev–Trinajstić information content (AvgIpc) is 2.77. The number of aromatic nitrogens is 1. The summed E-state index contributed by atoms with van der Waals surface area (Å²) in [6.45, 7) is 7.28. The second-order valence-electron chi connectivity index (χ2n) is 7.48. The summed E-state index contributed by atoms with van der Waals surface area (Å²) < 4.78 is 5.45.